The van der Waals surface area contributed by atoms with E-state index in [2.05, 4.69) is 29.1 Å². The Morgan fingerprint density at radius 3 is 2.43 bits per heavy atom. The molecule has 18 nitrogen and oxygen atoms in total. The predicted octanol–water partition coefficient (Wildman–Crippen LogP) is 1.91. The first-order valence-electron chi connectivity index (χ1n) is 13.9. The van der Waals surface area contributed by atoms with Crippen LogP contribution >= 0.6 is 15.6 Å². The van der Waals surface area contributed by atoms with Gasteiger partial charge in [0.1, 0.15) is 18.3 Å². The highest BCUT2D eigenvalue weighted by Crippen LogP contribution is 2.60. The number of nitrogens with two attached hydrogens (primary N) is 1. The normalized spacial score (nSPS) is 22.4. The highest BCUT2D eigenvalue weighted by Gasteiger charge is 2.46. The summed E-state index contributed by atoms with van der Waals surface area (Å²) in [6.07, 6.45) is -5.45. The highest BCUT2D eigenvalue weighted by molar-refractivity contribution is 7.61. The highest BCUT2D eigenvalue weighted by atomic mass is 31.3. The topological polar surface area (TPSA) is 271 Å². The number of nitrogen functional groups attached to an aromatic ring is 1. The number of benzene rings is 3. The molecular formula is C27H28N6O12P2. The number of carbonyl (C=O) groups is 1. The molecule has 6 atom stereocenters. The number of aromatic nitrogens is 4. The molecule has 1 fully saturated rings. The molecule has 6 rings (SSSR count). The van der Waals surface area contributed by atoms with E-state index in [1.807, 2.05) is 42.5 Å². The molecule has 47 heavy (non-hydrogen) atoms. The Bertz CT molecular complexity index is 2140. The summed E-state index contributed by atoms with van der Waals surface area (Å²) in [5, 5.41) is 27.5. The SMILES string of the molecule is Nc1nc2c(ncn2[C@@H]2O[C@H](COP(=O)(O)OP(=O)(O)OCCC(=O)Nc3ccc4cc5ccccc5cc4c3)[C@@H](O)[C@H]2O)c(=O)[nH]1. The fraction of sp³-hybridized carbons (Fsp3) is 0.259. The number of aliphatic hydroxyl groups excluding tert-OH is 2. The summed E-state index contributed by atoms with van der Waals surface area (Å²) >= 11 is 0. The number of imidazole rings is 1. The minimum Gasteiger partial charge on any atom is -0.387 e. The van der Waals surface area contributed by atoms with Crippen molar-refractivity contribution in [1.82, 2.24) is 19.5 Å². The van der Waals surface area contributed by atoms with E-state index in [-0.39, 0.29) is 17.1 Å². The first kappa shape index (κ1) is 32.9. The molecule has 248 valence electrons. The summed E-state index contributed by atoms with van der Waals surface area (Å²) in [5.74, 6) is -0.812. The number of H-pyrrole nitrogens is 1. The first-order valence-corrected chi connectivity index (χ1v) is 16.9. The molecule has 0 spiro atoms. The van der Waals surface area contributed by atoms with Crippen LogP contribution in [-0.4, -0.2) is 77.0 Å². The molecule has 0 radical (unpaired) electrons. The maximum atomic E-state index is 12.4. The van der Waals surface area contributed by atoms with Gasteiger partial charge in [0, 0.05) is 5.69 Å². The van der Waals surface area contributed by atoms with Crippen LogP contribution in [-0.2, 0) is 32.0 Å². The Kier molecular flexibility index (Phi) is 8.99. The Balaban J connectivity index is 0.995. The third-order valence-electron chi connectivity index (χ3n) is 7.24. The zero-order chi connectivity index (χ0) is 33.5. The monoisotopic (exact) mass is 690 g/mol. The van der Waals surface area contributed by atoms with Gasteiger partial charge in [-0.1, -0.05) is 30.3 Å². The number of aromatic amines is 1. The van der Waals surface area contributed by atoms with Gasteiger partial charge >= 0.3 is 15.6 Å². The Morgan fingerprint density at radius 2 is 1.68 bits per heavy atom. The number of fused-ring (bicyclic) bond motifs is 3. The van der Waals surface area contributed by atoms with Crippen molar-refractivity contribution in [2.75, 3.05) is 24.3 Å². The number of nitrogens with zero attached hydrogens (tertiary/aromatic N) is 3. The van der Waals surface area contributed by atoms with Crippen LogP contribution < -0.4 is 16.6 Å². The lowest BCUT2D eigenvalue weighted by atomic mass is 10.0. The van der Waals surface area contributed by atoms with Crippen molar-refractivity contribution in [3.05, 3.63) is 71.3 Å². The molecule has 0 bridgehead atoms. The Morgan fingerprint density at radius 1 is 1.00 bits per heavy atom. The second-order valence-electron chi connectivity index (χ2n) is 10.5. The van der Waals surface area contributed by atoms with Gasteiger partial charge in [-0.05, 0) is 45.8 Å². The molecule has 8 N–H and O–H groups in total. The van der Waals surface area contributed by atoms with Crippen LogP contribution in [0.15, 0.2) is 65.7 Å². The first-order chi connectivity index (χ1) is 22.3. The Labute approximate surface area is 263 Å². The van der Waals surface area contributed by atoms with E-state index in [4.69, 9.17) is 15.0 Å². The van der Waals surface area contributed by atoms with Crippen molar-refractivity contribution in [3.8, 4) is 0 Å². The number of hydrogen-bond donors (Lipinski definition) is 7. The van der Waals surface area contributed by atoms with E-state index in [0.29, 0.717) is 5.69 Å². The smallest absolute Gasteiger partial charge is 0.387 e. The van der Waals surface area contributed by atoms with E-state index < -0.39 is 71.3 Å². The van der Waals surface area contributed by atoms with Gasteiger partial charge in [0.2, 0.25) is 11.9 Å². The molecule has 1 saturated heterocycles. The second-order valence-corrected chi connectivity index (χ2v) is 13.6. The van der Waals surface area contributed by atoms with Crippen molar-refractivity contribution >= 4 is 65.9 Å². The molecule has 0 saturated carbocycles. The number of ether oxygens (including phenoxy) is 1. The van der Waals surface area contributed by atoms with Crippen molar-refractivity contribution in [2.24, 2.45) is 0 Å². The number of rotatable bonds is 11. The summed E-state index contributed by atoms with van der Waals surface area (Å²) in [6, 6.07) is 17.2. The minimum absolute atomic E-state index is 0.0710. The van der Waals surface area contributed by atoms with E-state index in [9.17, 15) is 38.7 Å². The van der Waals surface area contributed by atoms with Crippen LogP contribution in [0, 0.1) is 0 Å². The van der Waals surface area contributed by atoms with Crippen molar-refractivity contribution in [2.45, 2.75) is 31.0 Å². The number of hydrogen-bond acceptors (Lipinski definition) is 13. The summed E-state index contributed by atoms with van der Waals surface area (Å²) in [4.78, 5) is 54.5. The summed E-state index contributed by atoms with van der Waals surface area (Å²) in [5.41, 5.74) is 5.19. The summed E-state index contributed by atoms with van der Waals surface area (Å²) in [7, 11) is -10.5. The summed E-state index contributed by atoms with van der Waals surface area (Å²) < 4.78 is 45.0. The average molecular weight is 690 g/mol. The molecule has 20 heteroatoms. The molecule has 0 aliphatic carbocycles. The average Bonchev–Trinajstić information content (AvgIpc) is 3.54. The summed E-state index contributed by atoms with van der Waals surface area (Å²) in [6.45, 7) is -1.55. The standard InChI is InChI=1S/C27H28N6O12P2/c28-27-31-24-21(25(37)32-27)29-13-33(24)26-23(36)22(35)19(44-26)12-43-47(40,41)45-46(38,39)42-8-7-20(34)30-18-6-5-16-9-14-3-1-2-4-15(14)10-17(16)11-18/h1-6,9-11,13,19,22-23,26,35-36H,7-8,12H2,(H,30,34)(H,38,39)(H,40,41)(H3,28,31,32,37)/t19-,22-,23-,26-/m1/s1. The van der Waals surface area contributed by atoms with Gasteiger partial charge in [-0.25, -0.2) is 14.1 Å². The van der Waals surface area contributed by atoms with E-state index in [1.165, 1.54) is 0 Å². The molecule has 2 unspecified atom stereocenters. The fourth-order valence-electron chi connectivity index (χ4n) is 5.07. The molecule has 2 aromatic heterocycles. The largest absolute Gasteiger partial charge is 0.481 e. The molecule has 1 amide bonds. The molecule has 3 heterocycles. The lowest BCUT2D eigenvalue weighted by Gasteiger charge is -2.19. The number of amides is 1. The predicted molar refractivity (Wildman–Crippen MR) is 166 cm³/mol. The molecule has 1 aliphatic rings. The van der Waals surface area contributed by atoms with Gasteiger partial charge < -0.3 is 35.8 Å². The third-order valence-corrected chi connectivity index (χ3v) is 9.88. The van der Waals surface area contributed by atoms with Gasteiger partial charge in [-0.15, -0.1) is 0 Å². The van der Waals surface area contributed by atoms with Crippen molar-refractivity contribution in [3.63, 3.8) is 0 Å². The van der Waals surface area contributed by atoms with Crippen LogP contribution in [0.1, 0.15) is 12.6 Å². The second kappa shape index (κ2) is 12.9. The van der Waals surface area contributed by atoms with Gasteiger partial charge in [0.15, 0.2) is 17.4 Å². The van der Waals surface area contributed by atoms with Crippen molar-refractivity contribution < 1.29 is 52.0 Å². The van der Waals surface area contributed by atoms with Crippen LogP contribution in [0.2, 0.25) is 0 Å². The van der Waals surface area contributed by atoms with Gasteiger partial charge in [0.25, 0.3) is 5.56 Å². The third kappa shape index (κ3) is 7.27. The number of anilines is 2. The van der Waals surface area contributed by atoms with Gasteiger partial charge in [-0.3, -0.25) is 28.2 Å². The minimum atomic E-state index is -5.31. The zero-order valence-corrected chi connectivity index (χ0v) is 25.9. The molecular weight excluding hydrogens is 662 g/mol. The number of phosphoric acid groups is 2. The van der Waals surface area contributed by atoms with Crippen LogP contribution in [0.3, 0.4) is 0 Å². The van der Waals surface area contributed by atoms with Crippen LogP contribution in [0.4, 0.5) is 11.6 Å². The molecule has 1 aliphatic heterocycles. The molecule has 3 aromatic carbocycles. The molecule has 5 aromatic rings. The lowest BCUT2D eigenvalue weighted by Crippen LogP contribution is -2.33. The van der Waals surface area contributed by atoms with E-state index >= 15 is 0 Å². The van der Waals surface area contributed by atoms with Crippen LogP contribution in [0.5, 0.6) is 0 Å². The van der Waals surface area contributed by atoms with Gasteiger partial charge in [0.05, 0.1) is 26.0 Å². The maximum Gasteiger partial charge on any atom is 0.481 e. The van der Waals surface area contributed by atoms with E-state index in [1.54, 1.807) is 12.1 Å². The Hall–Kier alpha value is -4.06. The van der Waals surface area contributed by atoms with Crippen LogP contribution in [0.25, 0.3) is 32.7 Å². The fourth-order valence-corrected chi connectivity index (χ4v) is 7.14. The number of aliphatic hydroxyl groups is 2. The zero-order valence-electron chi connectivity index (χ0n) is 24.1. The number of nitrogens with one attached hydrogen (secondary N) is 2. The van der Waals surface area contributed by atoms with E-state index in [0.717, 1.165) is 32.4 Å². The number of phosphoric ester groups is 2. The lowest BCUT2D eigenvalue weighted by molar-refractivity contribution is -0.116. The number of carbonyl (C=O) groups excluding carboxylic acids is 1. The van der Waals surface area contributed by atoms with Crippen molar-refractivity contribution in [1.29, 1.82) is 0 Å². The quantitative estimate of drug-likeness (QED) is 0.0770. The maximum absolute atomic E-state index is 12.4. The van der Waals surface area contributed by atoms with Gasteiger partial charge in [-0.2, -0.15) is 9.29 Å².